The van der Waals surface area contributed by atoms with Crippen LogP contribution in [-0.2, 0) is 11.3 Å². The van der Waals surface area contributed by atoms with Crippen molar-refractivity contribution in [1.82, 2.24) is 4.57 Å². The highest BCUT2D eigenvalue weighted by molar-refractivity contribution is 9.10. The van der Waals surface area contributed by atoms with E-state index in [4.69, 9.17) is 4.74 Å². The molecule has 5 nitrogen and oxygen atoms in total. The molecule has 1 heterocycles. The van der Waals surface area contributed by atoms with Gasteiger partial charge in [0.25, 0.3) is 5.78 Å². The molecule has 1 aromatic heterocycles. The predicted octanol–water partition coefficient (Wildman–Crippen LogP) is 4.80. The normalized spacial score (nSPS) is 11.5. The number of nitrogens with zero attached hydrogens (tertiary/aromatic N) is 1. The lowest BCUT2D eigenvalue weighted by atomic mass is 10.1. The quantitative estimate of drug-likeness (QED) is 0.563. The zero-order valence-electron chi connectivity index (χ0n) is 14.5. The molecule has 9 heteroatoms. The number of alkyl halides is 3. The fraction of sp³-hybridized carbons (Fsp3) is 0.158. The summed E-state index contributed by atoms with van der Waals surface area (Å²) in [4.78, 5) is 24.2. The number of benzene rings is 2. The number of Topliss-reactive ketones (excluding diaryl/α,β-unsaturated/α-hetero) is 1. The molecule has 3 aromatic rings. The Hall–Kier alpha value is -2.81. The van der Waals surface area contributed by atoms with Crippen LogP contribution in [0.2, 0.25) is 0 Å². The molecule has 0 aliphatic rings. The largest absolute Gasteiger partial charge is 0.497 e. The van der Waals surface area contributed by atoms with E-state index in [-0.39, 0.29) is 11.9 Å². The lowest BCUT2D eigenvalue weighted by molar-refractivity contribution is -0.116. The number of fused-ring (bicyclic) bond motifs is 1. The summed E-state index contributed by atoms with van der Waals surface area (Å²) in [7, 11) is 1.49. The molecule has 28 heavy (non-hydrogen) atoms. The minimum Gasteiger partial charge on any atom is -0.497 e. The number of hydrogen-bond acceptors (Lipinski definition) is 3. The molecule has 2 aromatic carbocycles. The lowest BCUT2D eigenvalue weighted by Gasteiger charge is -2.08. The first-order valence-electron chi connectivity index (χ1n) is 8.03. The highest BCUT2D eigenvalue weighted by Crippen LogP contribution is 2.30. The van der Waals surface area contributed by atoms with Crippen LogP contribution >= 0.6 is 15.9 Å². The number of nitrogens with one attached hydrogen (secondary N) is 1. The Labute approximate surface area is 166 Å². The Balaban J connectivity index is 1.92. The molecule has 0 atom stereocenters. The molecule has 0 aliphatic heterocycles. The van der Waals surface area contributed by atoms with Crippen LogP contribution in [0.25, 0.3) is 10.9 Å². The van der Waals surface area contributed by atoms with Gasteiger partial charge in [-0.05, 0) is 30.3 Å². The number of ketones is 1. The molecule has 146 valence electrons. The monoisotopic (exact) mass is 454 g/mol. The molecule has 0 spiro atoms. The van der Waals surface area contributed by atoms with E-state index in [2.05, 4.69) is 21.2 Å². The number of ether oxygens (including phenoxy) is 1. The summed E-state index contributed by atoms with van der Waals surface area (Å²) in [5, 5.41) is 2.77. The molecule has 0 radical (unpaired) electrons. The summed E-state index contributed by atoms with van der Waals surface area (Å²) in [6, 6.07) is 11.3. The Morgan fingerprint density at radius 1 is 1.18 bits per heavy atom. The number of aromatic nitrogens is 1. The number of carbonyl (C=O) groups is 2. The molecule has 0 unspecified atom stereocenters. The zero-order valence-corrected chi connectivity index (χ0v) is 16.1. The van der Waals surface area contributed by atoms with Gasteiger partial charge in [-0.25, -0.2) is 0 Å². The van der Waals surface area contributed by atoms with Gasteiger partial charge < -0.3 is 14.6 Å². The standard InChI is InChI=1S/C19H14BrF3N2O3/c1-28-13-4-2-3-12(8-13)24-17(26)10-25-9-15(18(27)19(21,22)23)14-7-11(20)5-6-16(14)25/h2-9H,10H2,1H3,(H,24,26). The lowest BCUT2D eigenvalue weighted by Crippen LogP contribution is -2.22. The van der Waals surface area contributed by atoms with Crippen LogP contribution in [0.15, 0.2) is 53.1 Å². The number of rotatable bonds is 5. The van der Waals surface area contributed by atoms with Gasteiger partial charge in [0.1, 0.15) is 12.3 Å². The summed E-state index contributed by atoms with van der Waals surface area (Å²) >= 11 is 3.19. The predicted molar refractivity (Wildman–Crippen MR) is 102 cm³/mol. The summed E-state index contributed by atoms with van der Waals surface area (Å²) in [5.41, 5.74) is 0.324. The SMILES string of the molecule is COc1cccc(NC(=O)Cn2cc(C(=O)C(F)(F)F)c3cc(Br)ccc32)c1. The minimum absolute atomic E-state index is 0.117. The fourth-order valence-corrected chi connectivity index (χ4v) is 3.15. The number of anilines is 1. The van der Waals surface area contributed by atoms with Crippen LogP contribution in [0, 0.1) is 0 Å². The Morgan fingerprint density at radius 3 is 2.61 bits per heavy atom. The molecular formula is C19H14BrF3N2O3. The second kappa shape index (κ2) is 7.67. The van der Waals surface area contributed by atoms with Crippen molar-refractivity contribution in [3.8, 4) is 5.75 Å². The summed E-state index contributed by atoms with van der Waals surface area (Å²) in [6.45, 7) is -0.263. The maximum Gasteiger partial charge on any atom is 0.454 e. The van der Waals surface area contributed by atoms with E-state index in [1.165, 1.54) is 17.7 Å². The number of halogens is 4. The molecule has 1 amide bonds. The second-order valence-electron chi connectivity index (χ2n) is 5.94. The van der Waals surface area contributed by atoms with Crippen LogP contribution < -0.4 is 10.1 Å². The molecule has 0 saturated heterocycles. The van der Waals surface area contributed by atoms with E-state index in [9.17, 15) is 22.8 Å². The van der Waals surface area contributed by atoms with Crippen molar-refractivity contribution < 1.29 is 27.5 Å². The topological polar surface area (TPSA) is 60.3 Å². The van der Waals surface area contributed by atoms with Crippen LogP contribution in [-0.4, -0.2) is 29.5 Å². The zero-order chi connectivity index (χ0) is 20.5. The van der Waals surface area contributed by atoms with Crippen molar-refractivity contribution >= 4 is 44.2 Å². The Kier molecular flexibility index (Phi) is 5.46. The molecule has 0 saturated carbocycles. The van der Waals surface area contributed by atoms with E-state index in [1.54, 1.807) is 36.4 Å². The molecule has 0 aliphatic carbocycles. The summed E-state index contributed by atoms with van der Waals surface area (Å²) < 4.78 is 45.7. The van der Waals surface area contributed by atoms with Crippen molar-refractivity contribution in [2.24, 2.45) is 0 Å². The van der Waals surface area contributed by atoms with E-state index in [0.29, 0.717) is 21.4 Å². The second-order valence-corrected chi connectivity index (χ2v) is 6.85. The maximum absolute atomic E-state index is 12.9. The van der Waals surface area contributed by atoms with E-state index in [1.807, 2.05) is 0 Å². The van der Waals surface area contributed by atoms with Crippen LogP contribution in [0.3, 0.4) is 0 Å². The van der Waals surface area contributed by atoms with Gasteiger partial charge in [0, 0.05) is 33.3 Å². The number of amides is 1. The van der Waals surface area contributed by atoms with Crippen LogP contribution in [0.4, 0.5) is 18.9 Å². The average Bonchev–Trinajstić information content (AvgIpc) is 2.97. The molecule has 3 rings (SSSR count). The van der Waals surface area contributed by atoms with Crippen molar-refractivity contribution in [3.63, 3.8) is 0 Å². The van der Waals surface area contributed by atoms with Gasteiger partial charge in [-0.2, -0.15) is 13.2 Å². The van der Waals surface area contributed by atoms with Gasteiger partial charge >= 0.3 is 6.18 Å². The van der Waals surface area contributed by atoms with Gasteiger partial charge in [-0.3, -0.25) is 9.59 Å². The number of hydrogen-bond donors (Lipinski definition) is 1. The Morgan fingerprint density at radius 2 is 1.93 bits per heavy atom. The number of carbonyl (C=O) groups excluding carboxylic acids is 2. The van der Waals surface area contributed by atoms with E-state index < -0.39 is 23.4 Å². The van der Waals surface area contributed by atoms with Gasteiger partial charge in [-0.15, -0.1) is 0 Å². The smallest absolute Gasteiger partial charge is 0.454 e. The average molecular weight is 455 g/mol. The van der Waals surface area contributed by atoms with Gasteiger partial charge in [0.2, 0.25) is 5.91 Å². The van der Waals surface area contributed by atoms with Crippen molar-refractivity contribution in [1.29, 1.82) is 0 Å². The third kappa shape index (κ3) is 4.19. The minimum atomic E-state index is -5.01. The van der Waals surface area contributed by atoms with E-state index in [0.717, 1.165) is 6.20 Å². The van der Waals surface area contributed by atoms with Crippen molar-refractivity contribution in [2.75, 3.05) is 12.4 Å². The fourth-order valence-electron chi connectivity index (χ4n) is 2.79. The molecule has 0 fully saturated rings. The van der Waals surface area contributed by atoms with Gasteiger partial charge in [0.15, 0.2) is 0 Å². The van der Waals surface area contributed by atoms with Crippen molar-refractivity contribution in [2.45, 2.75) is 12.7 Å². The first-order valence-corrected chi connectivity index (χ1v) is 8.82. The van der Waals surface area contributed by atoms with Gasteiger partial charge in [-0.1, -0.05) is 22.0 Å². The first-order chi connectivity index (χ1) is 13.2. The molecular weight excluding hydrogens is 441 g/mol. The maximum atomic E-state index is 12.9. The molecule has 0 bridgehead atoms. The summed E-state index contributed by atoms with van der Waals surface area (Å²) in [6.07, 6.45) is -3.96. The van der Waals surface area contributed by atoms with Gasteiger partial charge in [0.05, 0.1) is 12.7 Å². The Bertz CT molecular complexity index is 1060. The van der Waals surface area contributed by atoms with E-state index >= 15 is 0 Å². The van der Waals surface area contributed by atoms with Crippen LogP contribution in [0.5, 0.6) is 5.75 Å². The van der Waals surface area contributed by atoms with Crippen LogP contribution in [0.1, 0.15) is 10.4 Å². The third-order valence-corrected chi connectivity index (χ3v) is 4.51. The summed E-state index contributed by atoms with van der Waals surface area (Å²) in [5.74, 6) is -1.87. The number of methoxy groups -OCH3 is 1. The first kappa shape index (κ1) is 19.9. The molecule has 1 N–H and O–H groups in total. The van der Waals surface area contributed by atoms with Crippen molar-refractivity contribution in [3.05, 3.63) is 58.7 Å². The highest BCUT2D eigenvalue weighted by atomic mass is 79.9. The highest BCUT2D eigenvalue weighted by Gasteiger charge is 2.40. The third-order valence-electron chi connectivity index (χ3n) is 4.01.